The van der Waals surface area contributed by atoms with Gasteiger partial charge in [0.1, 0.15) is 0 Å². The van der Waals surface area contributed by atoms with E-state index in [1.54, 1.807) is 0 Å². The molecule has 80 valence electrons. The van der Waals surface area contributed by atoms with Crippen molar-refractivity contribution in [2.24, 2.45) is 11.7 Å². The van der Waals surface area contributed by atoms with Crippen LogP contribution in [0.15, 0.2) is 0 Å². The molecule has 1 aliphatic carbocycles. The predicted octanol–water partition coefficient (Wildman–Crippen LogP) is -0.504. The molecule has 2 rings (SSSR count). The van der Waals surface area contributed by atoms with Crippen LogP contribution in [0.4, 0.5) is 0 Å². The van der Waals surface area contributed by atoms with Gasteiger partial charge in [-0.15, -0.1) is 0 Å². The van der Waals surface area contributed by atoms with Crippen molar-refractivity contribution in [2.45, 2.75) is 24.9 Å². The summed E-state index contributed by atoms with van der Waals surface area (Å²) in [5.74, 6) is 0.902. The average molecular weight is 197 g/mol. The van der Waals surface area contributed by atoms with Crippen molar-refractivity contribution in [3.05, 3.63) is 0 Å². The van der Waals surface area contributed by atoms with Crippen molar-refractivity contribution >= 4 is 5.91 Å². The molecule has 0 spiro atoms. The number of nitrogens with zero attached hydrogens (tertiary/aromatic N) is 2. The van der Waals surface area contributed by atoms with Gasteiger partial charge >= 0.3 is 0 Å². The number of hydrogen-bond donors (Lipinski definition) is 1. The maximum absolute atomic E-state index is 11.8. The van der Waals surface area contributed by atoms with Gasteiger partial charge in [0.15, 0.2) is 0 Å². The summed E-state index contributed by atoms with van der Waals surface area (Å²) in [4.78, 5) is 15.7. The number of nitrogens with two attached hydrogens (primary N) is 1. The van der Waals surface area contributed by atoms with E-state index in [-0.39, 0.29) is 11.9 Å². The number of carbonyl (C=O) groups excluding carboxylic acids is 1. The Labute approximate surface area is 85.0 Å². The van der Waals surface area contributed by atoms with Crippen LogP contribution in [0.1, 0.15) is 12.8 Å². The van der Waals surface area contributed by atoms with Crippen LogP contribution in [0, 0.1) is 5.92 Å². The minimum atomic E-state index is 0.222. The SMILES string of the molecule is CN(C)CC(=O)N1CC2CC(N)C1C2. The van der Waals surface area contributed by atoms with Gasteiger partial charge < -0.3 is 15.5 Å². The highest BCUT2D eigenvalue weighted by Crippen LogP contribution is 2.36. The molecule has 3 unspecified atom stereocenters. The van der Waals surface area contributed by atoms with E-state index in [1.807, 2.05) is 23.9 Å². The van der Waals surface area contributed by atoms with Crippen molar-refractivity contribution in [3.63, 3.8) is 0 Å². The Morgan fingerprint density at radius 3 is 2.71 bits per heavy atom. The lowest BCUT2D eigenvalue weighted by molar-refractivity contribution is -0.133. The Morgan fingerprint density at radius 1 is 1.50 bits per heavy atom. The van der Waals surface area contributed by atoms with Crippen molar-refractivity contribution in [3.8, 4) is 0 Å². The number of piperidine rings is 1. The second-order valence-corrected chi connectivity index (χ2v) is 4.85. The highest BCUT2D eigenvalue weighted by Gasteiger charge is 2.44. The molecule has 4 heteroatoms. The lowest BCUT2D eigenvalue weighted by atomic mass is 10.1. The Kier molecular flexibility index (Phi) is 2.49. The maximum Gasteiger partial charge on any atom is 0.237 e. The summed E-state index contributed by atoms with van der Waals surface area (Å²) in [6.45, 7) is 1.45. The summed E-state index contributed by atoms with van der Waals surface area (Å²) in [6.07, 6.45) is 2.23. The number of rotatable bonds is 2. The van der Waals surface area contributed by atoms with Crippen LogP contribution in [-0.2, 0) is 4.79 Å². The van der Waals surface area contributed by atoms with Crippen LogP contribution in [-0.4, -0.2) is 55.0 Å². The topological polar surface area (TPSA) is 49.6 Å². The van der Waals surface area contributed by atoms with Gasteiger partial charge in [-0.2, -0.15) is 0 Å². The molecule has 2 aliphatic rings. The second kappa shape index (κ2) is 3.51. The minimum Gasteiger partial charge on any atom is -0.337 e. The molecule has 1 saturated carbocycles. The van der Waals surface area contributed by atoms with Gasteiger partial charge in [0.05, 0.1) is 6.54 Å². The standard InChI is InChI=1S/C10H19N3O/c1-12(2)6-10(14)13-5-7-3-8(11)9(13)4-7/h7-9H,3-6,11H2,1-2H3. The average Bonchev–Trinajstić information content (AvgIpc) is 2.60. The molecular formula is C10H19N3O. The molecule has 3 atom stereocenters. The van der Waals surface area contributed by atoms with E-state index in [0.29, 0.717) is 18.5 Å². The Bertz CT molecular complexity index is 242. The molecule has 0 radical (unpaired) electrons. The first-order chi connectivity index (χ1) is 6.58. The van der Waals surface area contributed by atoms with E-state index in [2.05, 4.69) is 0 Å². The number of likely N-dealkylation sites (N-methyl/N-ethyl adjacent to an activating group) is 1. The van der Waals surface area contributed by atoms with Crippen LogP contribution < -0.4 is 5.73 Å². The highest BCUT2D eigenvalue weighted by atomic mass is 16.2. The third-order valence-corrected chi connectivity index (χ3v) is 3.30. The van der Waals surface area contributed by atoms with E-state index in [0.717, 1.165) is 19.4 Å². The maximum atomic E-state index is 11.8. The summed E-state index contributed by atoms with van der Waals surface area (Å²) in [5, 5.41) is 0. The van der Waals surface area contributed by atoms with E-state index in [4.69, 9.17) is 5.73 Å². The van der Waals surface area contributed by atoms with Gasteiger partial charge in [0, 0.05) is 18.6 Å². The van der Waals surface area contributed by atoms with Crippen LogP contribution in [0.5, 0.6) is 0 Å². The molecule has 0 aromatic rings. The van der Waals surface area contributed by atoms with E-state index < -0.39 is 0 Å². The molecule has 1 saturated heterocycles. The van der Waals surface area contributed by atoms with Crippen LogP contribution in [0.3, 0.4) is 0 Å². The zero-order chi connectivity index (χ0) is 10.3. The second-order valence-electron chi connectivity index (χ2n) is 4.85. The quantitative estimate of drug-likeness (QED) is 0.649. The summed E-state index contributed by atoms with van der Waals surface area (Å²) in [5.41, 5.74) is 5.97. The van der Waals surface area contributed by atoms with E-state index in [1.165, 1.54) is 0 Å². The largest absolute Gasteiger partial charge is 0.337 e. The van der Waals surface area contributed by atoms with Gasteiger partial charge in [0.25, 0.3) is 0 Å². The Balaban J connectivity index is 1.96. The monoisotopic (exact) mass is 197 g/mol. The normalized spacial score (nSPS) is 35.7. The zero-order valence-corrected chi connectivity index (χ0v) is 8.94. The fraction of sp³-hybridized carbons (Fsp3) is 0.900. The van der Waals surface area contributed by atoms with E-state index in [9.17, 15) is 4.79 Å². The summed E-state index contributed by atoms with van der Waals surface area (Å²) in [6, 6.07) is 0.548. The molecule has 0 aromatic carbocycles. The van der Waals surface area contributed by atoms with Crippen LogP contribution >= 0.6 is 0 Å². The molecule has 1 heterocycles. The Hall–Kier alpha value is -0.610. The fourth-order valence-electron chi connectivity index (χ4n) is 2.72. The van der Waals surface area contributed by atoms with Gasteiger partial charge in [-0.05, 0) is 32.9 Å². The van der Waals surface area contributed by atoms with Crippen molar-refractivity contribution in [2.75, 3.05) is 27.2 Å². The highest BCUT2D eigenvalue weighted by molar-refractivity contribution is 5.79. The molecule has 0 aromatic heterocycles. The first kappa shape index (κ1) is 9.93. The summed E-state index contributed by atoms with van der Waals surface area (Å²) in [7, 11) is 3.85. The number of likely N-dealkylation sites (tertiary alicyclic amines) is 1. The number of fused-ring (bicyclic) bond motifs is 2. The van der Waals surface area contributed by atoms with Gasteiger partial charge in [0.2, 0.25) is 5.91 Å². The third kappa shape index (κ3) is 1.64. The molecular weight excluding hydrogens is 178 g/mol. The number of carbonyl (C=O) groups is 1. The van der Waals surface area contributed by atoms with Gasteiger partial charge in [-0.1, -0.05) is 0 Å². The lowest BCUT2D eigenvalue weighted by Crippen LogP contribution is -2.50. The molecule has 2 fully saturated rings. The van der Waals surface area contributed by atoms with Crippen LogP contribution in [0.2, 0.25) is 0 Å². The third-order valence-electron chi connectivity index (χ3n) is 3.30. The van der Waals surface area contributed by atoms with Crippen LogP contribution in [0.25, 0.3) is 0 Å². The number of amides is 1. The van der Waals surface area contributed by atoms with Crippen molar-refractivity contribution in [1.82, 2.24) is 9.80 Å². The first-order valence-corrected chi connectivity index (χ1v) is 5.27. The van der Waals surface area contributed by atoms with Crippen molar-refractivity contribution < 1.29 is 4.79 Å². The lowest BCUT2D eigenvalue weighted by Gasteiger charge is -2.32. The molecule has 1 aliphatic heterocycles. The molecule has 2 bridgehead atoms. The molecule has 14 heavy (non-hydrogen) atoms. The summed E-state index contributed by atoms with van der Waals surface area (Å²) >= 11 is 0. The zero-order valence-electron chi connectivity index (χ0n) is 8.94. The minimum absolute atomic E-state index is 0.222. The smallest absolute Gasteiger partial charge is 0.237 e. The fourth-order valence-corrected chi connectivity index (χ4v) is 2.72. The molecule has 4 nitrogen and oxygen atoms in total. The first-order valence-electron chi connectivity index (χ1n) is 5.27. The van der Waals surface area contributed by atoms with Crippen molar-refractivity contribution in [1.29, 1.82) is 0 Å². The molecule has 1 amide bonds. The van der Waals surface area contributed by atoms with E-state index >= 15 is 0 Å². The molecule has 2 N–H and O–H groups in total. The predicted molar refractivity (Wildman–Crippen MR) is 54.8 cm³/mol. The van der Waals surface area contributed by atoms with Gasteiger partial charge in [-0.3, -0.25) is 4.79 Å². The van der Waals surface area contributed by atoms with Gasteiger partial charge in [-0.25, -0.2) is 0 Å². The summed E-state index contributed by atoms with van der Waals surface area (Å²) < 4.78 is 0. The Morgan fingerprint density at radius 2 is 2.21 bits per heavy atom. The number of hydrogen-bond acceptors (Lipinski definition) is 3.